The number of ether oxygens (including phenoxy) is 3. The van der Waals surface area contributed by atoms with Gasteiger partial charge in [-0.3, -0.25) is 0 Å². The van der Waals surface area contributed by atoms with E-state index in [-0.39, 0.29) is 39.0 Å². The largest absolute Gasteiger partial charge is 0.394 e. The molecule has 464 valence electrons. The zero-order valence-electron chi connectivity index (χ0n) is 53.7. The van der Waals surface area contributed by atoms with Crippen molar-refractivity contribution in [3.05, 3.63) is 0 Å². The van der Waals surface area contributed by atoms with Crippen LogP contribution in [0.3, 0.4) is 0 Å². The maximum Gasteiger partial charge on any atom is 0.160 e. The molecule has 77 heavy (non-hydrogen) atoms. The first kappa shape index (κ1) is 76.8. The topological polar surface area (TPSA) is 68.2 Å². The molecule has 4 unspecified atom stereocenters. The number of unbranched alkanes of at least 4 members (excludes halogenated alkanes) is 46. The standard InChI is InChI=1S/C72H146O5/c1-5-9-13-15-17-19-21-23-25-27-33-39-45-51-59-69(57-11-7-3)61-53-47-41-35-29-31-37-43-49-55-63-71(75-67-65-73)77-72(76-68-66-74)64-56-50-44-38-32-30-36-42-48-54-62-70(58-12-8-4)60-52-46-40-34-28-26-24-22-20-18-16-14-10-6-2/h69-74H,5-68H2,1-4H3. The van der Waals surface area contributed by atoms with E-state index in [0.717, 1.165) is 37.5 Å². The third kappa shape index (κ3) is 61.7. The van der Waals surface area contributed by atoms with Gasteiger partial charge >= 0.3 is 0 Å². The van der Waals surface area contributed by atoms with Gasteiger partial charge in [-0.05, 0) is 37.5 Å². The molecule has 5 heteroatoms. The van der Waals surface area contributed by atoms with Crippen LogP contribution in [0.15, 0.2) is 0 Å². The summed E-state index contributed by atoms with van der Waals surface area (Å²) in [6, 6.07) is 0. The average Bonchev–Trinajstić information content (AvgIpc) is 3.44. The monoisotopic (exact) mass is 1090 g/mol. The molecule has 0 rings (SSSR count). The Balaban J connectivity index is 4.03. The third-order valence-corrected chi connectivity index (χ3v) is 17.6. The van der Waals surface area contributed by atoms with Gasteiger partial charge in [0, 0.05) is 0 Å². The summed E-state index contributed by atoms with van der Waals surface area (Å²) in [5, 5.41) is 19.0. The van der Waals surface area contributed by atoms with Crippen molar-refractivity contribution >= 4 is 0 Å². The van der Waals surface area contributed by atoms with Crippen molar-refractivity contribution < 1.29 is 24.4 Å². The second-order valence-corrected chi connectivity index (χ2v) is 25.2. The van der Waals surface area contributed by atoms with Crippen molar-refractivity contribution in [1.82, 2.24) is 0 Å². The van der Waals surface area contributed by atoms with E-state index in [1.165, 1.54) is 360 Å². The van der Waals surface area contributed by atoms with Crippen LogP contribution in [0, 0.1) is 11.8 Å². The van der Waals surface area contributed by atoms with Crippen LogP contribution in [-0.4, -0.2) is 49.2 Å². The first-order valence-corrected chi connectivity index (χ1v) is 36.2. The quantitative estimate of drug-likeness (QED) is 0.0469. The fourth-order valence-electron chi connectivity index (χ4n) is 12.3. The fourth-order valence-corrected chi connectivity index (χ4v) is 12.3. The van der Waals surface area contributed by atoms with Gasteiger partial charge in [-0.25, -0.2) is 0 Å². The van der Waals surface area contributed by atoms with Gasteiger partial charge in [0.15, 0.2) is 12.6 Å². The van der Waals surface area contributed by atoms with Crippen molar-refractivity contribution in [2.75, 3.05) is 26.4 Å². The molecular weight excluding hydrogens is 945 g/mol. The van der Waals surface area contributed by atoms with E-state index in [9.17, 15) is 10.2 Å². The second kappa shape index (κ2) is 68.3. The lowest BCUT2D eigenvalue weighted by Crippen LogP contribution is -2.28. The molecule has 0 heterocycles. The van der Waals surface area contributed by atoms with Crippen molar-refractivity contribution in [1.29, 1.82) is 0 Å². The molecule has 0 radical (unpaired) electrons. The maximum absolute atomic E-state index is 9.51. The summed E-state index contributed by atoms with van der Waals surface area (Å²) in [4.78, 5) is 0. The second-order valence-electron chi connectivity index (χ2n) is 25.2. The molecule has 4 atom stereocenters. The van der Waals surface area contributed by atoms with Gasteiger partial charge in [-0.1, -0.05) is 387 Å². The van der Waals surface area contributed by atoms with E-state index in [2.05, 4.69) is 27.7 Å². The molecular formula is C72H146O5. The molecule has 0 fully saturated rings. The highest BCUT2D eigenvalue weighted by Crippen LogP contribution is 2.27. The van der Waals surface area contributed by atoms with Crippen molar-refractivity contribution in [2.45, 2.75) is 426 Å². The molecule has 0 aromatic heterocycles. The average molecular weight is 1090 g/mol. The summed E-state index contributed by atoms with van der Waals surface area (Å²) in [5.41, 5.74) is 0. The Kier molecular flexibility index (Phi) is 68.1. The zero-order chi connectivity index (χ0) is 55.7. The van der Waals surface area contributed by atoms with Gasteiger partial charge in [-0.15, -0.1) is 0 Å². The molecule has 0 aliphatic heterocycles. The molecule has 0 aliphatic rings. The molecule has 5 nitrogen and oxygen atoms in total. The summed E-state index contributed by atoms with van der Waals surface area (Å²) >= 11 is 0. The fraction of sp³-hybridized carbons (Fsp3) is 1.00. The van der Waals surface area contributed by atoms with Gasteiger partial charge in [0.25, 0.3) is 0 Å². The van der Waals surface area contributed by atoms with E-state index in [1.807, 2.05) is 0 Å². The Morgan fingerprint density at radius 1 is 0.208 bits per heavy atom. The van der Waals surface area contributed by atoms with E-state index < -0.39 is 0 Å². The molecule has 0 aromatic carbocycles. The molecule has 0 saturated carbocycles. The van der Waals surface area contributed by atoms with Crippen LogP contribution in [0.2, 0.25) is 0 Å². The number of aliphatic hydroxyl groups is 2. The van der Waals surface area contributed by atoms with Crippen LogP contribution < -0.4 is 0 Å². The highest BCUT2D eigenvalue weighted by atomic mass is 16.8. The first-order chi connectivity index (χ1) is 38.1. The zero-order valence-corrected chi connectivity index (χ0v) is 53.7. The summed E-state index contributed by atoms with van der Waals surface area (Å²) < 4.78 is 18.3. The van der Waals surface area contributed by atoms with Crippen LogP contribution in [0.4, 0.5) is 0 Å². The van der Waals surface area contributed by atoms with Crippen molar-refractivity contribution in [3.63, 3.8) is 0 Å². The Bertz CT molecular complexity index is 945. The minimum atomic E-state index is -0.359. The molecule has 0 spiro atoms. The predicted octanol–water partition coefficient (Wildman–Crippen LogP) is 24.4. The lowest BCUT2D eigenvalue weighted by atomic mass is 9.90. The minimum absolute atomic E-state index is 0.0000999. The Morgan fingerprint density at radius 2 is 0.377 bits per heavy atom. The molecule has 2 N–H and O–H groups in total. The Hall–Kier alpha value is -0.200. The summed E-state index contributed by atoms with van der Waals surface area (Å²) in [6.07, 6.45) is 82.7. The van der Waals surface area contributed by atoms with E-state index >= 15 is 0 Å². The third-order valence-electron chi connectivity index (χ3n) is 17.6. The Labute approximate surface area is 486 Å². The lowest BCUT2D eigenvalue weighted by Gasteiger charge is -2.25. The summed E-state index contributed by atoms with van der Waals surface area (Å²) in [5.74, 6) is 1.96. The summed E-state index contributed by atoms with van der Waals surface area (Å²) in [7, 11) is 0. The van der Waals surface area contributed by atoms with Gasteiger partial charge in [0.05, 0.1) is 26.4 Å². The van der Waals surface area contributed by atoms with E-state index in [4.69, 9.17) is 14.2 Å². The highest BCUT2D eigenvalue weighted by Gasteiger charge is 2.18. The molecule has 0 aromatic rings. The normalized spacial score (nSPS) is 13.5. The van der Waals surface area contributed by atoms with Gasteiger partial charge < -0.3 is 24.4 Å². The SMILES string of the molecule is CCCCCCCCCCCCCCCCC(CCCC)CCCCCCCCCCCCC(OCCO)OC(CCCCCCCCCCCCC(CCCC)CCCCCCCCCCCCCCCC)OCCO. The van der Waals surface area contributed by atoms with Gasteiger partial charge in [-0.2, -0.15) is 0 Å². The van der Waals surface area contributed by atoms with E-state index in [1.54, 1.807) is 0 Å². The minimum Gasteiger partial charge on any atom is -0.394 e. The van der Waals surface area contributed by atoms with Gasteiger partial charge in [0.2, 0.25) is 0 Å². The van der Waals surface area contributed by atoms with E-state index in [0.29, 0.717) is 0 Å². The number of hydrogen-bond acceptors (Lipinski definition) is 5. The van der Waals surface area contributed by atoms with Crippen LogP contribution >= 0.6 is 0 Å². The van der Waals surface area contributed by atoms with Gasteiger partial charge in [0.1, 0.15) is 0 Å². The smallest absolute Gasteiger partial charge is 0.160 e. The molecule has 0 amide bonds. The lowest BCUT2D eigenvalue weighted by molar-refractivity contribution is -0.252. The predicted molar refractivity (Wildman–Crippen MR) is 341 cm³/mol. The Morgan fingerprint density at radius 3 is 0.571 bits per heavy atom. The molecule has 0 bridgehead atoms. The van der Waals surface area contributed by atoms with Crippen LogP contribution in [-0.2, 0) is 14.2 Å². The summed E-state index contributed by atoms with van der Waals surface area (Å²) in [6.45, 7) is 9.92. The van der Waals surface area contributed by atoms with Crippen LogP contribution in [0.25, 0.3) is 0 Å². The number of aliphatic hydroxyl groups excluding tert-OH is 2. The van der Waals surface area contributed by atoms with Crippen molar-refractivity contribution in [2.24, 2.45) is 11.8 Å². The molecule has 0 saturated heterocycles. The molecule has 0 aliphatic carbocycles. The number of hydrogen-bond donors (Lipinski definition) is 2. The number of rotatable bonds is 70. The van der Waals surface area contributed by atoms with Crippen molar-refractivity contribution in [3.8, 4) is 0 Å². The van der Waals surface area contributed by atoms with Crippen LogP contribution in [0.5, 0.6) is 0 Å². The van der Waals surface area contributed by atoms with Crippen LogP contribution in [0.1, 0.15) is 413 Å². The maximum atomic E-state index is 9.51. The highest BCUT2D eigenvalue weighted by molar-refractivity contribution is 4.64. The first-order valence-electron chi connectivity index (χ1n) is 36.2.